The van der Waals surface area contributed by atoms with E-state index < -0.39 is 32.7 Å². The summed E-state index contributed by atoms with van der Waals surface area (Å²) in [6.07, 6.45) is 2.06. The zero-order chi connectivity index (χ0) is 21.4. The number of sulfonamides is 1. The Hall–Kier alpha value is -1.65. The van der Waals surface area contributed by atoms with Crippen molar-refractivity contribution in [3.8, 4) is 6.07 Å². The molecule has 1 unspecified atom stereocenters. The second kappa shape index (κ2) is 10.9. The molecule has 0 saturated carbocycles. The lowest BCUT2D eigenvalue weighted by Gasteiger charge is -2.17. The molecule has 0 fully saturated rings. The molecule has 2 rings (SSSR count). The fourth-order valence-corrected chi connectivity index (χ4v) is 5.84. The molecule has 1 heterocycles. The molecule has 7 nitrogen and oxygen atoms in total. The molecule has 0 saturated heterocycles. The van der Waals surface area contributed by atoms with Crippen molar-refractivity contribution in [3.05, 3.63) is 35.8 Å². The molecule has 1 aromatic carbocycles. The number of anilines is 1. The molecule has 0 radical (unpaired) electrons. The Kier molecular flexibility index (Phi) is 8.91. The highest BCUT2D eigenvalue weighted by molar-refractivity contribution is 8.01. The van der Waals surface area contributed by atoms with Crippen LogP contribution in [0.1, 0.15) is 12.1 Å². The third-order valence-corrected chi connectivity index (χ3v) is 8.05. The van der Waals surface area contributed by atoms with Crippen molar-refractivity contribution in [2.45, 2.75) is 28.5 Å². The summed E-state index contributed by atoms with van der Waals surface area (Å²) in [6, 6.07) is 5.92. The first kappa shape index (κ1) is 23.6. The predicted molar refractivity (Wildman–Crippen MR) is 115 cm³/mol. The van der Waals surface area contributed by atoms with Gasteiger partial charge in [0.25, 0.3) is 0 Å². The minimum Gasteiger partial charge on any atom is -0.301 e. The number of rotatable bonds is 10. The molecule has 0 aliphatic rings. The third-order valence-electron chi connectivity index (χ3n) is 3.60. The van der Waals surface area contributed by atoms with E-state index in [-0.39, 0.29) is 12.2 Å². The largest absolute Gasteiger partial charge is 0.301 e. The molecule has 29 heavy (non-hydrogen) atoms. The van der Waals surface area contributed by atoms with E-state index in [0.717, 1.165) is 16.3 Å². The van der Waals surface area contributed by atoms with E-state index in [4.69, 9.17) is 5.26 Å². The van der Waals surface area contributed by atoms with Crippen LogP contribution in [0, 0.1) is 24.1 Å². The van der Waals surface area contributed by atoms with Gasteiger partial charge in [-0.3, -0.25) is 4.79 Å². The number of carbonyl (C=O) groups is 1. The van der Waals surface area contributed by atoms with E-state index in [1.54, 1.807) is 6.92 Å². The molecule has 156 valence electrons. The normalized spacial score (nSPS) is 12.3. The molecule has 2 aromatic rings. The number of hydrogen-bond acceptors (Lipinski definition) is 8. The molecule has 2 N–H and O–H groups in total. The van der Waals surface area contributed by atoms with Crippen LogP contribution in [0.2, 0.25) is 0 Å². The molecule has 12 heteroatoms. The van der Waals surface area contributed by atoms with E-state index in [0.29, 0.717) is 16.6 Å². The number of nitrogens with one attached hydrogen (secondary N) is 2. The van der Waals surface area contributed by atoms with E-state index in [1.165, 1.54) is 47.0 Å². The molecular formula is C17H19FN4O3S4. The van der Waals surface area contributed by atoms with Gasteiger partial charge >= 0.3 is 0 Å². The van der Waals surface area contributed by atoms with Gasteiger partial charge in [0.05, 0.1) is 21.7 Å². The smallest absolute Gasteiger partial charge is 0.244 e. The molecule has 1 atom stereocenters. The van der Waals surface area contributed by atoms with Crippen molar-refractivity contribution < 1.29 is 17.6 Å². The van der Waals surface area contributed by atoms with Gasteiger partial charge in [-0.05, 0) is 37.5 Å². The van der Waals surface area contributed by atoms with Crippen molar-refractivity contribution in [1.29, 1.82) is 5.26 Å². The van der Waals surface area contributed by atoms with Crippen molar-refractivity contribution >= 4 is 55.9 Å². The summed E-state index contributed by atoms with van der Waals surface area (Å²) in [5.41, 5.74) is 0.679. The number of amides is 1. The number of thiazole rings is 1. The summed E-state index contributed by atoms with van der Waals surface area (Å²) < 4.78 is 42.2. The average Bonchev–Trinajstić information content (AvgIpc) is 3.02. The van der Waals surface area contributed by atoms with Gasteiger partial charge in [0, 0.05) is 0 Å². The number of carbonyl (C=O) groups excluding carboxylic acids is 1. The van der Waals surface area contributed by atoms with Crippen molar-refractivity contribution in [2.75, 3.05) is 23.1 Å². The number of nitrogens with zero attached hydrogens (tertiary/aromatic N) is 2. The topological polar surface area (TPSA) is 112 Å². The summed E-state index contributed by atoms with van der Waals surface area (Å²) in [7, 11) is -4.23. The third kappa shape index (κ3) is 6.68. The standard InChI is InChI=1S/C17H19FN4O3S4/c1-11-16(27-10-8-19)28-17(20-11)21-15(23)13(7-9-26-2)22-29(24,25)14-6-4-3-5-12(14)18/h3-6,13,22H,7,9-10H2,1-2H3,(H,20,21,23). The van der Waals surface area contributed by atoms with Gasteiger partial charge in [-0.25, -0.2) is 17.8 Å². The Labute approximate surface area is 181 Å². The highest BCUT2D eigenvalue weighted by atomic mass is 32.2. The lowest BCUT2D eigenvalue weighted by atomic mass is 10.2. The first-order valence-corrected chi connectivity index (χ1v) is 13.0. The number of benzene rings is 1. The van der Waals surface area contributed by atoms with Crippen LogP contribution in [0.3, 0.4) is 0 Å². The highest BCUT2D eigenvalue weighted by Crippen LogP contribution is 2.32. The Morgan fingerprint density at radius 1 is 1.41 bits per heavy atom. The predicted octanol–water partition coefficient (Wildman–Crippen LogP) is 3.25. The van der Waals surface area contributed by atoms with E-state index in [9.17, 15) is 17.6 Å². The molecule has 1 amide bonds. The number of hydrogen-bond donors (Lipinski definition) is 2. The Morgan fingerprint density at radius 2 is 2.14 bits per heavy atom. The summed E-state index contributed by atoms with van der Waals surface area (Å²) in [4.78, 5) is 16.5. The zero-order valence-electron chi connectivity index (χ0n) is 15.6. The van der Waals surface area contributed by atoms with Crippen LogP contribution in [0.25, 0.3) is 0 Å². The highest BCUT2D eigenvalue weighted by Gasteiger charge is 2.28. The van der Waals surface area contributed by atoms with E-state index >= 15 is 0 Å². The molecule has 0 spiro atoms. The summed E-state index contributed by atoms with van der Waals surface area (Å²) >= 11 is 3.98. The SMILES string of the molecule is CSCCC(NS(=O)(=O)c1ccccc1F)C(=O)Nc1nc(C)c(SCC#N)s1. The van der Waals surface area contributed by atoms with Crippen LogP contribution in [0.15, 0.2) is 33.4 Å². The Balaban J connectivity index is 2.18. The summed E-state index contributed by atoms with van der Waals surface area (Å²) in [6.45, 7) is 1.76. The first-order valence-electron chi connectivity index (χ1n) is 8.32. The lowest BCUT2D eigenvalue weighted by Crippen LogP contribution is -2.44. The van der Waals surface area contributed by atoms with Crippen LogP contribution in [0.4, 0.5) is 9.52 Å². The van der Waals surface area contributed by atoms with Crippen LogP contribution < -0.4 is 10.0 Å². The maximum absolute atomic E-state index is 13.9. The van der Waals surface area contributed by atoms with Crippen LogP contribution in [0.5, 0.6) is 0 Å². The molecule has 0 aliphatic heterocycles. The van der Waals surface area contributed by atoms with Gasteiger partial charge < -0.3 is 5.32 Å². The fraction of sp³-hybridized carbons (Fsp3) is 0.353. The number of aromatic nitrogens is 1. The molecule has 0 aliphatic carbocycles. The first-order chi connectivity index (χ1) is 13.8. The van der Waals surface area contributed by atoms with Gasteiger partial charge in [-0.1, -0.05) is 35.2 Å². The van der Waals surface area contributed by atoms with Gasteiger partial charge in [-0.15, -0.1) is 0 Å². The Morgan fingerprint density at radius 3 is 2.79 bits per heavy atom. The van der Waals surface area contributed by atoms with Crippen molar-refractivity contribution in [1.82, 2.24) is 9.71 Å². The van der Waals surface area contributed by atoms with Gasteiger partial charge in [0.15, 0.2) is 5.13 Å². The summed E-state index contributed by atoms with van der Waals surface area (Å²) in [5, 5.41) is 11.6. The monoisotopic (exact) mass is 474 g/mol. The maximum atomic E-state index is 13.9. The van der Waals surface area contributed by atoms with E-state index in [2.05, 4.69) is 15.0 Å². The summed E-state index contributed by atoms with van der Waals surface area (Å²) in [5.74, 6) is -0.684. The minimum absolute atomic E-state index is 0.223. The zero-order valence-corrected chi connectivity index (χ0v) is 18.9. The second-order valence-corrected chi connectivity index (χ2v) is 10.6. The van der Waals surface area contributed by atoms with Crippen molar-refractivity contribution in [3.63, 3.8) is 0 Å². The number of halogens is 1. The Bertz CT molecular complexity index is 1000. The van der Waals surface area contributed by atoms with Gasteiger partial charge in [0.1, 0.15) is 16.8 Å². The minimum atomic E-state index is -4.23. The van der Waals surface area contributed by atoms with Crippen LogP contribution in [-0.4, -0.2) is 43.1 Å². The van der Waals surface area contributed by atoms with Gasteiger partial charge in [-0.2, -0.15) is 21.7 Å². The molecule has 0 bridgehead atoms. The fourth-order valence-electron chi connectivity index (χ4n) is 2.25. The molecule has 1 aromatic heterocycles. The molecular weight excluding hydrogens is 455 g/mol. The second-order valence-electron chi connectivity index (χ2n) is 5.71. The lowest BCUT2D eigenvalue weighted by molar-refractivity contribution is -0.117. The maximum Gasteiger partial charge on any atom is 0.244 e. The average molecular weight is 475 g/mol. The van der Waals surface area contributed by atoms with Gasteiger partial charge in [0.2, 0.25) is 15.9 Å². The quantitative estimate of drug-likeness (QED) is 0.508. The van der Waals surface area contributed by atoms with Crippen molar-refractivity contribution in [2.24, 2.45) is 0 Å². The van der Waals surface area contributed by atoms with Crippen LogP contribution in [-0.2, 0) is 14.8 Å². The number of nitriles is 1. The van der Waals surface area contributed by atoms with Crippen LogP contribution >= 0.6 is 34.9 Å². The number of aryl methyl sites for hydroxylation is 1. The number of thioether (sulfide) groups is 2. The van der Waals surface area contributed by atoms with E-state index in [1.807, 2.05) is 12.3 Å².